The quantitative estimate of drug-likeness (QED) is 0.666. The number of aliphatic hydroxyl groups excluding tert-OH is 1. The summed E-state index contributed by atoms with van der Waals surface area (Å²) >= 11 is 0. The van der Waals surface area contributed by atoms with E-state index < -0.39 is 15.9 Å². The Morgan fingerprint density at radius 2 is 1.84 bits per heavy atom. The number of hydrogen-bond donors (Lipinski definition) is 3. The van der Waals surface area contributed by atoms with Crippen LogP contribution in [0.25, 0.3) is 0 Å². The number of benzene rings is 2. The Kier molecular flexibility index (Phi) is 6.69. The summed E-state index contributed by atoms with van der Waals surface area (Å²) in [4.78, 5) is 12.2. The number of hydrogen-bond acceptors (Lipinski definition) is 4. The van der Waals surface area contributed by atoms with Crippen molar-refractivity contribution >= 4 is 15.9 Å². The number of carbonyl (C=O) groups is 1. The second-order valence-corrected chi connectivity index (χ2v) is 7.37. The van der Waals surface area contributed by atoms with Gasteiger partial charge in [-0.05, 0) is 30.2 Å². The zero-order chi connectivity index (χ0) is 18.3. The summed E-state index contributed by atoms with van der Waals surface area (Å²) in [6, 6.07) is 14.6. The third-order valence-corrected chi connectivity index (χ3v) is 5.16. The van der Waals surface area contributed by atoms with E-state index in [1.807, 2.05) is 37.3 Å². The molecule has 25 heavy (non-hydrogen) atoms. The first-order valence-electron chi connectivity index (χ1n) is 8.01. The lowest BCUT2D eigenvalue weighted by molar-refractivity contribution is 0.0914. The Hall–Kier alpha value is -2.22. The van der Waals surface area contributed by atoms with Crippen LogP contribution in [0.1, 0.15) is 29.3 Å². The van der Waals surface area contributed by atoms with Gasteiger partial charge in [-0.3, -0.25) is 4.79 Å². The molecule has 0 fully saturated rings. The van der Waals surface area contributed by atoms with Crippen LogP contribution in [-0.2, 0) is 16.6 Å². The highest BCUT2D eigenvalue weighted by Crippen LogP contribution is 2.13. The molecular formula is C18H22N2O4S. The van der Waals surface area contributed by atoms with Gasteiger partial charge in [0.15, 0.2) is 0 Å². The lowest BCUT2D eigenvalue weighted by Gasteiger charge is -2.14. The Morgan fingerprint density at radius 1 is 1.12 bits per heavy atom. The van der Waals surface area contributed by atoms with Gasteiger partial charge in [-0.2, -0.15) is 0 Å². The zero-order valence-electron chi connectivity index (χ0n) is 14.0. The molecule has 1 atom stereocenters. The van der Waals surface area contributed by atoms with Crippen molar-refractivity contribution in [2.45, 2.75) is 30.8 Å². The van der Waals surface area contributed by atoms with Gasteiger partial charge in [0.2, 0.25) is 10.0 Å². The molecule has 0 aliphatic heterocycles. The van der Waals surface area contributed by atoms with Gasteiger partial charge < -0.3 is 10.4 Å². The molecule has 134 valence electrons. The van der Waals surface area contributed by atoms with Crippen molar-refractivity contribution in [2.24, 2.45) is 0 Å². The van der Waals surface area contributed by atoms with E-state index in [9.17, 15) is 13.2 Å². The lowest BCUT2D eigenvalue weighted by Crippen LogP contribution is -2.37. The average Bonchev–Trinajstić information content (AvgIpc) is 2.65. The average molecular weight is 362 g/mol. The molecule has 3 N–H and O–H groups in total. The Balaban J connectivity index is 2.12. The number of sulfonamides is 1. The molecule has 2 rings (SSSR count). The molecular weight excluding hydrogens is 340 g/mol. The van der Waals surface area contributed by atoms with Gasteiger partial charge in [-0.25, -0.2) is 13.1 Å². The first-order valence-corrected chi connectivity index (χ1v) is 9.50. The van der Waals surface area contributed by atoms with Crippen LogP contribution in [0.4, 0.5) is 0 Å². The normalized spacial score (nSPS) is 12.6. The maximum atomic E-state index is 12.4. The molecule has 0 saturated carbocycles. The second-order valence-electron chi connectivity index (χ2n) is 5.60. The van der Waals surface area contributed by atoms with Crippen molar-refractivity contribution in [3.8, 4) is 0 Å². The molecule has 6 nitrogen and oxygen atoms in total. The van der Waals surface area contributed by atoms with E-state index in [-0.39, 0.29) is 29.7 Å². The molecule has 0 aliphatic carbocycles. The summed E-state index contributed by atoms with van der Waals surface area (Å²) in [5.74, 6) is -0.416. The Labute approximate surface area is 147 Å². The molecule has 0 radical (unpaired) electrons. The van der Waals surface area contributed by atoms with Crippen LogP contribution in [0.2, 0.25) is 0 Å². The Bertz CT molecular complexity index is 803. The molecule has 0 bridgehead atoms. The minimum atomic E-state index is -3.73. The largest absolute Gasteiger partial charge is 0.394 e. The van der Waals surface area contributed by atoms with E-state index in [1.54, 1.807) is 0 Å². The number of rotatable bonds is 8. The first-order chi connectivity index (χ1) is 12.0. The van der Waals surface area contributed by atoms with Crippen molar-refractivity contribution < 1.29 is 18.3 Å². The van der Waals surface area contributed by atoms with E-state index in [0.717, 1.165) is 5.56 Å². The van der Waals surface area contributed by atoms with Crippen LogP contribution >= 0.6 is 0 Å². The predicted molar refractivity (Wildman–Crippen MR) is 95.5 cm³/mol. The molecule has 7 heteroatoms. The van der Waals surface area contributed by atoms with Crippen molar-refractivity contribution in [3.63, 3.8) is 0 Å². The van der Waals surface area contributed by atoms with Crippen molar-refractivity contribution in [1.29, 1.82) is 0 Å². The van der Waals surface area contributed by atoms with Crippen LogP contribution in [0, 0.1) is 0 Å². The molecule has 2 aromatic rings. The van der Waals surface area contributed by atoms with Crippen molar-refractivity contribution in [1.82, 2.24) is 10.0 Å². The molecule has 0 unspecified atom stereocenters. The fraction of sp³-hybridized carbons (Fsp3) is 0.278. The van der Waals surface area contributed by atoms with E-state index in [1.165, 1.54) is 24.3 Å². The smallest absolute Gasteiger partial charge is 0.251 e. The van der Waals surface area contributed by atoms with Gasteiger partial charge >= 0.3 is 0 Å². The van der Waals surface area contributed by atoms with Crippen LogP contribution in [0.5, 0.6) is 0 Å². The number of aliphatic hydroxyl groups is 1. The standard InChI is InChI=1S/C18H22N2O4S/c1-2-16(13-21)20-18(22)15-9-6-10-17(11-15)25(23,24)19-12-14-7-4-3-5-8-14/h3-11,16,19,21H,2,12-13H2,1H3,(H,20,22)/t16-/m1/s1. The molecule has 1 amide bonds. The van der Waals surface area contributed by atoms with E-state index in [0.29, 0.717) is 6.42 Å². The molecule has 0 aromatic heterocycles. The molecule has 0 heterocycles. The van der Waals surface area contributed by atoms with Gasteiger partial charge in [0.1, 0.15) is 0 Å². The number of nitrogens with one attached hydrogen (secondary N) is 2. The van der Waals surface area contributed by atoms with Gasteiger partial charge in [0.05, 0.1) is 17.5 Å². The fourth-order valence-electron chi connectivity index (χ4n) is 2.21. The summed E-state index contributed by atoms with van der Waals surface area (Å²) < 4.78 is 27.4. The summed E-state index contributed by atoms with van der Waals surface area (Å²) in [6.07, 6.45) is 0.582. The van der Waals surface area contributed by atoms with E-state index in [4.69, 9.17) is 5.11 Å². The third-order valence-electron chi connectivity index (χ3n) is 3.76. The van der Waals surface area contributed by atoms with Crippen LogP contribution in [0.15, 0.2) is 59.5 Å². The second kappa shape index (κ2) is 8.75. The van der Waals surface area contributed by atoms with Gasteiger partial charge in [0.25, 0.3) is 5.91 Å². The fourth-order valence-corrected chi connectivity index (χ4v) is 3.27. The highest BCUT2D eigenvalue weighted by molar-refractivity contribution is 7.89. The highest BCUT2D eigenvalue weighted by Gasteiger charge is 2.17. The first kappa shape index (κ1) is 19.1. The SMILES string of the molecule is CC[C@H](CO)NC(=O)c1cccc(S(=O)(=O)NCc2ccccc2)c1. The van der Waals surface area contributed by atoms with Gasteiger partial charge in [0, 0.05) is 12.1 Å². The Morgan fingerprint density at radius 3 is 2.48 bits per heavy atom. The highest BCUT2D eigenvalue weighted by atomic mass is 32.2. The summed E-state index contributed by atoms with van der Waals surface area (Å²) in [6.45, 7) is 1.84. The maximum absolute atomic E-state index is 12.4. The molecule has 0 saturated heterocycles. The van der Waals surface area contributed by atoms with Crippen LogP contribution in [-0.4, -0.2) is 32.1 Å². The summed E-state index contributed by atoms with van der Waals surface area (Å²) in [7, 11) is -3.73. The van der Waals surface area contributed by atoms with E-state index in [2.05, 4.69) is 10.0 Å². The monoisotopic (exact) mass is 362 g/mol. The lowest BCUT2D eigenvalue weighted by atomic mass is 10.2. The van der Waals surface area contributed by atoms with Crippen molar-refractivity contribution in [2.75, 3.05) is 6.61 Å². The summed E-state index contributed by atoms with van der Waals surface area (Å²) in [5.41, 5.74) is 1.07. The van der Waals surface area contributed by atoms with Crippen molar-refractivity contribution in [3.05, 3.63) is 65.7 Å². The third kappa shape index (κ3) is 5.38. The van der Waals surface area contributed by atoms with Crippen LogP contribution < -0.4 is 10.0 Å². The molecule has 2 aromatic carbocycles. The van der Waals surface area contributed by atoms with Crippen LogP contribution in [0.3, 0.4) is 0 Å². The topological polar surface area (TPSA) is 95.5 Å². The number of carbonyl (C=O) groups excluding carboxylic acids is 1. The minimum Gasteiger partial charge on any atom is -0.394 e. The summed E-state index contributed by atoms with van der Waals surface area (Å²) in [5, 5.41) is 11.8. The van der Waals surface area contributed by atoms with Gasteiger partial charge in [-0.1, -0.05) is 43.3 Å². The number of amides is 1. The zero-order valence-corrected chi connectivity index (χ0v) is 14.8. The predicted octanol–water partition coefficient (Wildman–Crippen LogP) is 1.67. The molecule has 0 spiro atoms. The minimum absolute atomic E-state index is 0.0214. The van der Waals surface area contributed by atoms with E-state index >= 15 is 0 Å². The van der Waals surface area contributed by atoms with Gasteiger partial charge in [-0.15, -0.1) is 0 Å². The maximum Gasteiger partial charge on any atom is 0.251 e. The molecule has 0 aliphatic rings.